The molecule has 0 aliphatic carbocycles. The molecule has 1 amide bonds. The van der Waals surface area contributed by atoms with Gasteiger partial charge in [0.1, 0.15) is 16.3 Å². The Labute approximate surface area is 131 Å². The smallest absolute Gasteiger partial charge is 0.258 e. The van der Waals surface area contributed by atoms with Gasteiger partial charge in [0, 0.05) is 23.8 Å². The molecule has 2 heterocycles. The van der Waals surface area contributed by atoms with Crippen LogP contribution in [0.15, 0.2) is 12.3 Å². The molecule has 1 aliphatic heterocycles. The second-order valence-electron chi connectivity index (χ2n) is 4.47. The first kappa shape index (κ1) is 16.5. The molecule has 0 spiro atoms. The number of thioether (sulfide) groups is 1. The summed E-state index contributed by atoms with van der Waals surface area (Å²) < 4.78 is 37.5. The second-order valence-corrected chi connectivity index (χ2v) is 8.43. The molecule has 0 aromatic carbocycles. The van der Waals surface area contributed by atoms with Crippen LogP contribution in [0.3, 0.4) is 0 Å². The van der Waals surface area contributed by atoms with E-state index in [0.29, 0.717) is 11.5 Å². The van der Waals surface area contributed by atoms with E-state index < -0.39 is 26.9 Å². The van der Waals surface area contributed by atoms with E-state index in [2.05, 4.69) is 4.98 Å². The molecule has 1 aromatic rings. The van der Waals surface area contributed by atoms with E-state index in [-0.39, 0.29) is 23.0 Å². The Hall–Kier alpha value is -0.860. The topological polar surface area (TPSA) is 67.3 Å². The monoisotopic (exact) mass is 352 g/mol. The summed E-state index contributed by atoms with van der Waals surface area (Å²) in [5, 5.41) is -1.04. The fourth-order valence-corrected chi connectivity index (χ4v) is 5.18. The predicted molar refractivity (Wildman–Crippen MR) is 80.8 cm³/mol. The van der Waals surface area contributed by atoms with E-state index in [1.165, 1.54) is 23.6 Å². The molecule has 0 bridgehead atoms. The van der Waals surface area contributed by atoms with Gasteiger partial charge in [0.05, 0.1) is 11.8 Å². The zero-order valence-electron chi connectivity index (χ0n) is 11.3. The molecule has 0 saturated carbocycles. The quantitative estimate of drug-likeness (QED) is 0.776. The second kappa shape index (κ2) is 6.50. The number of amides is 1. The van der Waals surface area contributed by atoms with Crippen LogP contribution < -0.4 is 0 Å². The van der Waals surface area contributed by atoms with Gasteiger partial charge in [-0.25, -0.2) is 17.8 Å². The van der Waals surface area contributed by atoms with Gasteiger partial charge < -0.3 is 4.90 Å². The number of hydrogen-bond donors (Lipinski definition) is 0. The van der Waals surface area contributed by atoms with Crippen LogP contribution in [-0.4, -0.2) is 53.4 Å². The average molecular weight is 353 g/mol. The molecule has 1 saturated heterocycles. The van der Waals surface area contributed by atoms with Crippen molar-refractivity contribution in [1.29, 1.82) is 0 Å². The molecule has 1 fully saturated rings. The van der Waals surface area contributed by atoms with Crippen LogP contribution in [0, 0.1) is 5.82 Å². The molecule has 5 nitrogen and oxygen atoms in total. The number of pyridine rings is 1. The van der Waals surface area contributed by atoms with Crippen molar-refractivity contribution in [3.05, 3.63) is 28.8 Å². The molecular formula is C12H14ClFN2O3S2. The molecule has 1 atom stereocenters. The van der Waals surface area contributed by atoms with Crippen molar-refractivity contribution >= 4 is 39.1 Å². The lowest BCUT2D eigenvalue weighted by molar-refractivity contribution is 0.0748. The summed E-state index contributed by atoms with van der Waals surface area (Å²) in [5.41, 5.74) is -0.111. The molecule has 2 rings (SSSR count). The summed E-state index contributed by atoms with van der Waals surface area (Å²) in [6.07, 6.45) is 0.908. The molecule has 0 N–H and O–H groups in total. The van der Waals surface area contributed by atoms with Crippen molar-refractivity contribution in [2.24, 2.45) is 0 Å². The molecule has 1 unspecified atom stereocenters. The molecule has 1 aromatic heterocycles. The largest absolute Gasteiger partial charge is 0.320 e. The lowest BCUT2D eigenvalue weighted by atomic mass is 10.2. The van der Waals surface area contributed by atoms with Crippen molar-refractivity contribution in [1.82, 2.24) is 9.88 Å². The SMILES string of the molecule is CCS(=O)(=O)C1CSCCN1C(=O)c1cc(F)cnc1Cl. The number of carbonyl (C=O) groups excluding carboxylic acids is 1. The molecule has 116 valence electrons. The van der Waals surface area contributed by atoms with Gasteiger partial charge in [0.25, 0.3) is 5.91 Å². The maximum atomic E-state index is 13.3. The van der Waals surface area contributed by atoms with Gasteiger partial charge in [-0.2, -0.15) is 11.8 Å². The Morgan fingerprint density at radius 3 is 3.00 bits per heavy atom. The number of halogens is 2. The van der Waals surface area contributed by atoms with Crippen LogP contribution >= 0.6 is 23.4 Å². The average Bonchev–Trinajstić information content (AvgIpc) is 2.49. The highest BCUT2D eigenvalue weighted by atomic mass is 35.5. The zero-order valence-corrected chi connectivity index (χ0v) is 13.6. The highest BCUT2D eigenvalue weighted by molar-refractivity contribution is 8.01. The normalized spacial score (nSPS) is 19.6. The minimum Gasteiger partial charge on any atom is -0.320 e. The number of nitrogens with zero attached hydrogens (tertiary/aromatic N) is 2. The van der Waals surface area contributed by atoms with Crippen LogP contribution in [0.5, 0.6) is 0 Å². The van der Waals surface area contributed by atoms with Crippen molar-refractivity contribution in [2.45, 2.75) is 12.3 Å². The summed E-state index contributed by atoms with van der Waals surface area (Å²) >= 11 is 7.30. The summed E-state index contributed by atoms with van der Waals surface area (Å²) in [6.45, 7) is 1.81. The Bertz CT molecular complexity index is 654. The van der Waals surface area contributed by atoms with Gasteiger partial charge in [0.2, 0.25) is 0 Å². The first-order valence-corrected chi connectivity index (χ1v) is 9.53. The van der Waals surface area contributed by atoms with Crippen LogP contribution in [-0.2, 0) is 9.84 Å². The third-order valence-electron chi connectivity index (χ3n) is 3.20. The summed E-state index contributed by atoms with van der Waals surface area (Å²) in [7, 11) is -3.42. The van der Waals surface area contributed by atoms with Gasteiger partial charge in [-0.15, -0.1) is 0 Å². The van der Waals surface area contributed by atoms with Crippen molar-refractivity contribution in [3.63, 3.8) is 0 Å². The lowest BCUT2D eigenvalue weighted by Gasteiger charge is -2.34. The Morgan fingerprint density at radius 1 is 1.62 bits per heavy atom. The summed E-state index contributed by atoms with van der Waals surface area (Å²) in [5.74, 6) is -0.417. The van der Waals surface area contributed by atoms with Crippen LogP contribution in [0.4, 0.5) is 4.39 Å². The zero-order chi connectivity index (χ0) is 15.6. The summed E-state index contributed by atoms with van der Waals surface area (Å²) in [4.78, 5) is 17.3. The van der Waals surface area contributed by atoms with Gasteiger partial charge in [-0.1, -0.05) is 18.5 Å². The van der Waals surface area contributed by atoms with E-state index in [4.69, 9.17) is 11.6 Å². The maximum absolute atomic E-state index is 13.3. The fraction of sp³-hybridized carbons (Fsp3) is 0.500. The highest BCUT2D eigenvalue weighted by Crippen LogP contribution is 2.25. The van der Waals surface area contributed by atoms with Crippen molar-refractivity contribution < 1.29 is 17.6 Å². The Kier molecular flexibility index (Phi) is 5.11. The first-order valence-electron chi connectivity index (χ1n) is 6.28. The molecule has 21 heavy (non-hydrogen) atoms. The predicted octanol–water partition coefficient (Wildman–Crippen LogP) is 1.82. The number of carbonyl (C=O) groups is 1. The third-order valence-corrected chi connectivity index (χ3v) is 6.79. The van der Waals surface area contributed by atoms with E-state index in [0.717, 1.165) is 12.3 Å². The molecule has 1 aliphatic rings. The Balaban J connectivity index is 2.37. The van der Waals surface area contributed by atoms with E-state index in [9.17, 15) is 17.6 Å². The van der Waals surface area contributed by atoms with Gasteiger partial charge >= 0.3 is 0 Å². The highest BCUT2D eigenvalue weighted by Gasteiger charge is 2.36. The van der Waals surface area contributed by atoms with E-state index in [1.54, 1.807) is 0 Å². The van der Waals surface area contributed by atoms with Gasteiger partial charge in [0.15, 0.2) is 9.84 Å². The third kappa shape index (κ3) is 3.49. The number of aromatic nitrogens is 1. The van der Waals surface area contributed by atoms with Crippen LogP contribution in [0.1, 0.15) is 17.3 Å². The fourth-order valence-electron chi connectivity index (χ4n) is 2.03. The van der Waals surface area contributed by atoms with Crippen LogP contribution in [0.2, 0.25) is 5.15 Å². The summed E-state index contributed by atoms with van der Waals surface area (Å²) in [6, 6.07) is 0.981. The molecule has 0 radical (unpaired) electrons. The lowest BCUT2D eigenvalue weighted by Crippen LogP contribution is -2.50. The van der Waals surface area contributed by atoms with E-state index >= 15 is 0 Å². The van der Waals surface area contributed by atoms with Gasteiger partial charge in [-0.3, -0.25) is 4.79 Å². The molecular weight excluding hydrogens is 339 g/mol. The maximum Gasteiger partial charge on any atom is 0.258 e. The standard InChI is InChI=1S/C12H14ClFN2O3S2/c1-2-21(18,19)10-7-20-4-3-16(10)12(17)9-5-8(14)6-15-11(9)13/h5-6,10H,2-4,7H2,1H3. The first-order chi connectivity index (χ1) is 9.86. The van der Waals surface area contributed by atoms with Crippen molar-refractivity contribution in [3.8, 4) is 0 Å². The molecule has 9 heteroatoms. The minimum absolute atomic E-state index is 0.0584. The van der Waals surface area contributed by atoms with Crippen molar-refractivity contribution in [2.75, 3.05) is 23.8 Å². The number of sulfone groups is 1. The number of hydrogen-bond acceptors (Lipinski definition) is 5. The van der Waals surface area contributed by atoms with E-state index in [1.807, 2.05) is 0 Å². The number of rotatable bonds is 3. The van der Waals surface area contributed by atoms with Gasteiger partial charge in [-0.05, 0) is 6.07 Å². The minimum atomic E-state index is -3.42. The van der Waals surface area contributed by atoms with Crippen LogP contribution in [0.25, 0.3) is 0 Å². The Morgan fingerprint density at radius 2 is 2.33 bits per heavy atom.